The molecule has 0 aliphatic rings. The van der Waals surface area contributed by atoms with E-state index >= 15 is 0 Å². The molecule has 1 N–H and O–H groups in total. The molecular weight excluding hydrogens is 238 g/mol. The highest BCUT2D eigenvalue weighted by Gasteiger charge is 2.13. The molecule has 0 amide bonds. The van der Waals surface area contributed by atoms with Crippen LogP contribution in [0, 0.1) is 6.92 Å². The number of carboxylic acid groups (broad SMARTS) is 1. The van der Waals surface area contributed by atoms with Crippen LogP contribution in [-0.4, -0.2) is 23.2 Å². The second-order valence-corrected chi connectivity index (χ2v) is 3.30. The molecule has 13 heavy (non-hydrogen) atoms. The molecule has 1 rings (SSSR count). The molecule has 1 heterocycles. The number of hydrogen-bond donors (Lipinski definition) is 1. The average Bonchev–Trinajstić information content (AvgIpc) is 2.03. The number of carbonyl (C=O) groups is 1. The zero-order valence-electron chi connectivity index (χ0n) is 7.17. The minimum absolute atomic E-state index is 0.0139. The van der Waals surface area contributed by atoms with Crippen LogP contribution in [0.5, 0.6) is 5.88 Å². The van der Waals surface area contributed by atoms with Gasteiger partial charge in [-0.1, -0.05) is 0 Å². The Balaban J connectivity index is 3.30. The number of aryl methyl sites for hydroxylation is 1. The van der Waals surface area contributed by atoms with E-state index in [2.05, 4.69) is 20.9 Å². The number of rotatable bonds is 2. The zero-order valence-corrected chi connectivity index (χ0v) is 8.75. The summed E-state index contributed by atoms with van der Waals surface area (Å²) in [5.74, 6) is -0.772. The van der Waals surface area contributed by atoms with Crippen molar-refractivity contribution in [1.29, 1.82) is 0 Å². The average molecular weight is 246 g/mol. The van der Waals surface area contributed by atoms with Gasteiger partial charge >= 0.3 is 5.97 Å². The lowest BCUT2D eigenvalue weighted by molar-refractivity contribution is 0.0688. The van der Waals surface area contributed by atoms with Crippen molar-refractivity contribution >= 4 is 21.9 Å². The van der Waals surface area contributed by atoms with Gasteiger partial charge in [-0.25, -0.2) is 9.78 Å². The van der Waals surface area contributed by atoms with Crippen LogP contribution in [-0.2, 0) is 0 Å². The van der Waals surface area contributed by atoms with Crippen LogP contribution in [0.15, 0.2) is 10.5 Å². The molecule has 4 nitrogen and oxygen atoms in total. The van der Waals surface area contributed by atoms with Crippen molar-refractivity contribution in [3.05, 3.63) is 21.8 Å². The van der Waals surface area contributed by atoms with E-state index in [0.29, 0.717) is 10.0 Å². The van der Waals surface area contributed by atoms with Gasteiger partial charge in [-0.2, -0.15) is 0 Å². The highest BCUT2D eigenvalue weighted by Crippen LogP contribution is 2.24. The lowest BCUT2D eigenvalue weighted by atomic mass is 10.2. The van der Waals surface area contributed by atoms with E-state index in [1.165, 1.54) is 7.11 Å². The largest absolute Gasteiger partial charge is 0.480 e. The first-order chi connectivity index (χ1) is 6.06. The maximum atomic E-state index is 10.7. The predicted molar refractivity (Wildman–Crippen MR) is 50.2 cm³/mol. The van der Waals surface area contributed by atoms with Gasteiger partial charge in [0.1, 0.15) is 0 Å². The summed E-state index contributed by atoms with van der Waals surface area (Å²) >= 11 is 3.21. The summed E-state index contributed by atoms with van der Waals surface area (Å²) in [5, 5.41) is 8.74. The van der Waals surface area contributed by atoms with Crippen LogP contribution in [0.2, 0.25) is 0 Å². The normalized spacial score (nSPS) is 9.77. The first kappa shape index (κ1) is 9.98. The summed E-state index contributed by atoms with van der Waals surface area (Å²) in [5.41, 5.74) is 0.611. The maximum Gasteiger partial charge on any atom is 0.354 e. The second-order valence-electron chi connectivity index (χ2n) is 2.45. The Bertz CT molecular complexity index is 351. The van der Waals surface area contributed by atoms with Crippen molar-refractivity contribution in [2.45, 2.75) is 6.92 Å². The minimum Gasteiger partial charge on any atom is -0.480 e. The fraction of sp³-hybridized carbons (Fsp3) is 0.250. The van der Waals surface area contributed by atoms with E-state index in [4.69, 9.17) is 9.84 Å². The monoisotopic (exact) mass is 245 g/mol. The van der Waals surface area contributed by atoms with Gasteiger partial charge in [-0.15, -0.1) is 0 Å². The molecule has 0 radical (unpaired) electrons. The number of aromatic nitrogens is 1. The van der Waals surface area contributed by atoms with Gasteiger partial charge in [0, 0.05) is 0 Å². The van der Waals surface area contributed by atoms with E-state index in [9.17, 15) is 4.79 Å². The molecule has 0 spiro atoms. The molecule has 5 heteroatoms. The maximum absolute atomic E-state index is 10.7. The van der Waals surface area contributed by atoms with Gasteiger partial charge in [-0.05, 0) is 34.5 Å². The molecule has 0 unspecified atom stereocenters. The van der Waals surface area contributed by atoms with E-state index in [1.807, 2.05) is 0 Å². The summed E-state index contributed by atoms with van der Waals surface area (Å²) < 4.78 is 5.52. The second kappa shape index (κ2) is 3.74. The minimum atomic E-state index is -1.05. The van der Waals surface area contributed by atoms with Crippen LogP contribution in [0.4, 0.5) is 0 Å². The first-order valence-electron chi connectivity index (χ1n) is 3.50. The summed E-state index contributed by atoms with van der Waals surface area (Å²) in [4.78, 5) is 14.5. The third-order valence-corrected chi connectivity index (χ3v) is 2.10. The summed E-state index contributed by atoms with van der Waals surface area (Å²) in [6.07, 6.45) is 0. The number of hydrogen-bond acceptors (Lipinski definition) is 3. The third kappa shape index (κ3) is 1.98. The molecule has 1 aromatic rings. The number of pyridine rings is 1. The molecule has 0 atom stereocenters. The summed E-state index contributed by atoms with van der Waals surface area (Å²) in [7, 11) is 1.44. The van der Waals surface area contributed by atoms with Gasteiger partial charge < -0.3 is 9.84 Å². The highest BCUT2D eigenvalue weighted by atomic mass is 79.9. The number of ether oxygens (including phenoxy) is 1. The highest BCUT2D eigenvalue weighted by molar-refractivity contribution is 9.10. The van der Waals surface area contributed by atoms with Crippen molar-refractivity contribution in [3.8, 4) is 5.88 Å². The van der Waals surface area contributed by atoms with Crippen LogP contribution in [0.3, 0.4) is 0 Å². The Morgan fingerprint density at radius 3 is 2.77 bits per heavy atom. The van der Waals surface area contributed by atoms with Gasteiger partial charge in [0.25, 0.3) is 0 Å². The van der Waals surface area contributed by atoms with E-state index in [1.54, 1.807) is 13.0 Å². The third-order valence-electron chi connectivity index (χ3n) is 1.53. The number of halogens is 1. The predicted octanol–water partition coefficient (Wildman–Crippen LogP) is 1.86. The quantitative estimate of drug-likeness (QED) is 0.865. The standard InChI is InChI=1S/C8H8BrNO3/c1-4-3-5(9)7(13-2)10-6(4)8(11)12/h3H,1-2H3,(H,11,12). The Hall–Kier alpha value is -1.10. The van der Waals surface area contributed by atoms with Crippen LogP contribution >= 0.6 is 15.9 Å². The Labute approximate surface area is 83.7 Å². The van der Waals surface area contributed by atoms with E-state index in [0.717, 1.165) is 0 Å². The number of methoxy groups -OCH3 is 1. The molecule has 0 saturated carbocycles. The van der Waals surface area contributed by atoms with Crippen molar-refractivity contribution in [3.63, 3.8) is 0 Å². The Morgan fingerprint density at radius 1 is 1.69 bits per heavy atom. The fourth-order valence-corrected chi connectivity index (χ4v) is 1.52. The first-order valence-corrected chi connectivity index (χ1v) is 4.30. The Morgan fingerprint density at radius 2 is 2.31 bits per heavy atom. The van der Waals surface area contributed by atoms with Crippen LogP contribution in [0.1, 0.15) is 16.1 Å². The topological polar surface area (TPSA) is 59.4 Å². The number of nitrogens with zero attached hydrogens (tertiary/aromatic N) is 1. The molecule has 0 aromatic carbocycles. The molecule has 0 saturated heterocycles. The van der Waals surface area contributed by atoms with Crippen LogP contribution in [0.25, 0.3) is 0 Å². The van der Waals surface area contributed by atoms with Crippen molar-refractivity contribution < 1.29 is 14.6 Å². The van der Waals surface area contributed by atoms with Gasteiger partial charge in [-0.3, -0.25) is 0 Å². The summed E-state index contributed by atoms with van der Waals surface area (Å²) in [6.45, 7) is 1.68. The van der Waals surface area contributed by atoms with Gasteiger partial charge in [0.05, 0.1) is 11.6 Å². The van der Waals surface area contributed by atoms with Gasteiger partial charge in [0.2, 0.25) is 5.88 Å². The van der Waals surface area contributed by atoms with Crippen molar-refractivity contribution in [1.82, 2.24) is 4.98 Å². The number of carboxylic acids is 1. The lowest BCUT2D eigenvalue weighted by Gasteiger charge is -2.05. The fourth-order valence-electron chi connectivity index (χ4n) is 0.923. The van der Waals surface area contributed by atoms with E-state index < -0.39 is 5.97 Å². The molecule has 1 aromatic heterocycles. The molecule has 0 aliphatic carbocycles. The van der Waals surface area contributed by atoms with Crippen molar-refractivity contribution in [2.75, 3.05) is 7.11 Å². The molecular formula is C8H8BrNO3. The Kier molecular flexibility index (Phi) is 2.87. The van der Waals surface area contributed by atoms with Gasteiger partial charge in [0.15, 0.2) is 5.69 Å². The van der Waals surface area contributed by atoms with Crippen molar-refractivity contribution in [2.24, 2.45) is 0 Å². The molecule has 70 valence electrons. The van der Waals surface area contributed by atoms with E-state index in [-0.39, 0.29) is 11.6 Å². The molecule has 0 bridgehead atoms. The summed E-state index contributed by atoms with van der Waals surface area (Å²) in [6, 6.07) is 1.66. The van der Waals surface area contributed by atoms with Crippen LogP contribution < -0.4 is 4.74 Å². The lowest BCUT2D eigenvalue weighted by Crippen LogP contribution is -2.05. The smallest absolute Gasteiger partial charge is 0.354 e. The number of aromatic carboxylic acids is 1. The molecule has 0 aliphatic heterocycles. The zero-order chi connectivity index (χ0) is 10.0. The SMILES string of the molecule is COc1nc(C(=O)O)c(C)cc1Br. The molecule has 0 fully saturated rings.